The number of rotatable bonds is 4. The zero-order valence-corrected chi connectivity index (χ0v) is 9.90. The fourth-order valence-corrected chi connectivity index (χ4v) is 1.53. The van der Waals surface area contributed by atoms with Gasteiger partial charge in [0.2, 0.25) is 0 Å². The van der Waals surface area contributed by atoms with E-state index in [9.17, 15) is 13.2 Å². The van der Waals surface area contributed by atoms with Crippen LogP contribution in [0.1, 0.15) is 0 Å². The number of aliphatic hydroxyl groups is 1. The predicted molar refractivity (Wildman–Crippen MR) is 59.4 cm³/mol. The molecule has 0 bridgehead atoms. The van der Waals surface area contributed by atoms with Crippen molar-refractivity contribution in [2.45, 2.75) is 5.03 Å². The van der Waals surface area contributed by atoms with E-state index >= 15 is 0 Å². The van der Waals surface area contributed by atoms with Gasteiger partial charge in [-0.3, -0.25) is 5.32 Å². The topological polar surface area (TPSA) is 106 Å². The Hall–Kier alpha value is -1.67. The molecule has 2 N–H and O–H groups in total. The molecule has 0 aliphatic carbocycles. The quantitative estimate of drug-likeness (QED) is 0.791. The van der Waals surface area contributed by atoms with Crippen molar-refractivity contribution in [1.29, 1.82) is 0 Å². The standard InChI is InChI=1S/C9H12N2O5S/c1-17(14,15)8-3-2-7(6-10-8)11-9(13)16-5-4-12/h2-3,6,12H,4-5H2,1H3,(H,11,13). The SMILES string of the molecule is CS(=O)(=O)c1ccc(NC(=O)OCCO)cn1. The van der Waals surface area contributed by atoms with Crippen molar-refractivity contribution < 1.29 is 23.1 Å². The normalized spacial score (nSPS) is 10.9. The fourth-order valence-electron chi connectivity index (χ4n) is 0.966. The molecule has 94 valence electrons. The van der Waals surface area contributed by atoms with Gasteiger partial charge in [-0.1, -0.05) is 0 Å². The van der Waals surface area contributed by atoms with E-state index in [0.717, 1.165) is 6.26 Å². The van der Waals surface area contributed by atoms with Gasteiger partial charge in [-0.25, -0.2) is 18.2 Å². The summed E-state index contributed by atoms with van der Waals surface area (Å²) in [7, 11) is -3.35. The van der Waals surface area contributed by atoms with Gasteiger partial charge >= 0.3 is 6.09 Å². The Bertz CT molecular complexity index is 483. The Balaban J connectivity index is 2.66. The largest absolute Gasteiger partial charge is 0.447 e. The lowest BCUT2D eigenvalue weighted by Crippen LogP contribution is -2.16. The molecule has 1 aromatic heterocycles. The Labute approximate surface area is 98.4 Å². The van der Waals surface area contributed by atoms with Crippen LogP contribution < -0.4 is 5.32 Å². The number of aliphatic hydroxyl groups excluding tert-OH is 1. The Morgan fingerprint density at radius 2 is 2.24 bits per heavy atom. The monoisotopic (exact) mass is 260 g/mol. The van der Waals surface area contributed by atoms with Gasteiger partial charge in [0.25, 0.3) is 0 Å². The lowest BCUT2D eigenvalue weighted by Gasteiger charge is -2.05. The predicted octanol–water partition coefficient (Wildman–Crippen LogP) is 0.0259. The summed E-state index contributed by atoms with van der Waals surface area (Å²) in [6.45, 7) is -0.376. The van der Waals surface area contributed by atoms with Crippen LogP contribution in [0.5, 0.6) is 0 Å². The van der Waals surface area contributed by atoms with Gasteiger partial charge in [-0.2, -0.15) is 0 Å². The maximum absolute atomic E-state index is 11.1. The lowest BCUT2D eigenvalue weighted by atomic mass is 10.4. The zero-order chi connectivity index (χ0) is 12.9. The number of hydrogen-bond donors (Lipinski definition) is 2. The molecule has 1 amide bonds. The number of carbonyl (C=O) groups excluding carboxylic acids is 1. The van der Waals surface area contributed by atoms with Crippen LogP contribution in [0.2, 0.25) is 0 Å². The van der Waals surface area contributed by atoms with Gasteiger partial charge in [-0.05, 0) is 12.1 Å². The summed E-state index contributed by atoms with van der Waals surface area (Å²) in [4.78, 5) is 14.7. The first-order chi connectivity index (χ1) is 7.93. The molecule has 0 unspecified atom stereocenters. The average molecular weight is 260 g/mol. The summed E-state index contributed by atoms with van der Waals surface area (Å²) in [6.07, 6.45) is 1.50. The molecule has 17 heavy (non-hydrogen) atoms. The summed E-state index contributed by atoms with van der Waals surface area (Å²) in [5.74, 6) is 0. The van der Waals surface area contributed by atoms with Crippen LogP contribution in [0.4, 0.5) is 10.5 Å². The number of sulfone groups is 1. The highest BCUT2D eigenvalue weighted by atomic mass is 32.2. The highest BCUT2D eigenvalue weighted by Gasteiger charge is 2.09. The number of carbonyl (C=O) groups is 1. The third kappa shape index (κ3) is 4.37. The van der Waals surface area contributed by atoms with Gasteiger partial charge in [-0.15, -0.1) is 0 Å². The second kappa shape index (κ2) is 5.60. The molecular formula is C9H12N2O5S. The molecule has 7 nitrogen and oxygen atoms in total. The molecule has 0 aliphatic heterocycles. The van der Waals surface area contributed by atoms with E-state index < -0.39 is 15.9 Å². The van der Waals surface area contributed by atoms with Crippen molar-refractivity contribution in [2.75, 3.05) is 24.8 Å². The number of amides is 1. The Morgan fingerprint density at radius 3 is 2.71 bits per heavy atom. The van der Waals surface area contributed by atoms with Crippen molar-refractivity contribution in [3.8, 4) is 0 Å². The third-order valence-corrected chi connectivity index (χ3v) is 2.69. The smallest absolute Gasteiger partial charge is 0.411 e. The highest BCUT2D eigenvalue weighted by Crippen LogP contribution is 2.10. The van der Waals surface area contributed by atoms with Gasteiger partial charge in [0.05, 0.1) is 18.5 Å². The number of anilines is 1. The molecular weight excluding hydrogens is 248 g/mol. The van der Waals surface area contributed by atoms with Crippen LogP contribution in [-0.2, 0) is 14.6 Å². The van der Waals surface area contributed by atoms with Crippen LogP contribution in [0, 0.1) is 0 Å². The maximum atomic E-state index is 11.1. The molecule has 0 saturated heterocycles. The first kappa shape index (κ1) is 13.4. The molecule has 1 heterocycles. The van der Waals surface area contributed by atoms with E-state index in [1.54, 1.807) is 0 Å². The highest BCUT2D eigenvalue weighted by molar-refractivity contribution is 7.90. The molecule has 0 fully saturated rings. The first-order valence-corrected chi connectivity index (χ1v) is 6.53. The Kier molecular flexibility index (Phi) is 4.41. The van der Waals surface area contributed by atoms with E-state index in [2.05, 4.69) is 15.0 Å². The molecule has 0 saturated carbocycles. The maximum Gasteiger partial charge on any atom is 0.411 e. The summed E-state index contributed by atoms with van der Waals surface area (Å²) in [5.41, 5.74) is 0.306. The van der Waals surface area contributed by atoms with Crippen molar-refractivity contribution in [2.24, 2.45) is 0 Å². The van der Waals surface area contributed by atoms with E-state index in [1.807, 2.05) is 0 Å². The van der Waals surface area contributed by atoms with E-state index in [0.29, 0.717) is 5.69 Å². The number of nitrogens with one attached hydrogen (secondary N) is 1. The number of hydrogen-bond acceptors (Lipinski definition) is 6. The number of pyridine rings is 1. The summed E-state index contributed by atoms with van der Waals surface area (Å²) >= 11 is 0. The van der Waals surface area contributed by atoms with Crippen molar-refractivity contribution in [1.82, 2.24) is 4.98 Å². The van der Waals surface area contributed by atoms with Crippen molar-refractivity contribution in [3.63, 3.8) is 0 Å². The average Bonchev–Trinajstić information content (AvgIpc) is 2.26. The molecule has 8 heteroatoms. The second-order valence-corrected chi connectivity index (χ2v) is 5.10. The third-order valence-electron chi connectivity index (χ3n) is 1.69. The lowest BCUT2D eigenvalue weighted by molar-refractivity contribution is 0.131. The summed E-state index contributed by atoms with van der Waals surface area (Å²) < 4.78 is 26.8. The fraction of sp³-hybridized carbons (Fsp3) is 0.333. The van der Waals surface area contributed by atoms with Crippen molar-refractivity contribution >= 4 is 21.6 Å². The minimum atomic E-state index is -3.35. The molecule has 0 aromatic carbocycles. The summed E-state index contributed by atoms with van der Waals surface area (Å²) in [6, 6.07) is 2.67. The van der Waals surface area contributed by atoms with Gasteiger partial charge in [0.15, 0.2) is 14.9 Å². The van der Waals surface area contributed by atoms with E-state index in [1.165, 1.54) is 18.3 Å². The number of ether oxygens (including phenoxy) is 1. The van der Waals surface area contributed by atoms with Crippen LogP contribution in [0.15, 0.2) is 23.4 Å². The molecule has 0 spiro atoms. The van der Waals surface area contributed by atoms with Crippen LogP contribution in [0.3, 0.4) is 0 Å². The van der Waals surface area contributed by atoms with Crippen molar-refractivity contribution in [3.05, 3.63) is 18.3 Å². The molecule has 1 aromatic rings. The second-order valence-electron chi connectivity index (χ2n) is 3.14. The van der Waals surface area contributed by atoms with Crippen LogP contribution in [0.25, 0.3) is 0 Å². The van der Waals surface area contributed by atoms with Gasteiger partial charge in [0, 0.05) is 6.26 Å². The van der Waals surface area contributed by atoms with E-state index in [-0.39, 0.29) is 18.2 Å². The molecule has 0 aliphatic rings. The van der Waals surface area contributed by atoms with Crippen LogP contribution in [-0.4, -0.2) is 44.1 Å². The number of nitrogens with zero attached hydrogens (tertiary/aromatic N) is 1. The van der Waals surface area contributed by atoms with E-state index in [4.69, 9.17) is 5.11 Å². The minimum Gasteiger partial charge on any atom is -0.447 e. The molecule has 0 atom stereocenters. The van der Waals surface area contributed by atoms with Gasteiger partial charge in [0.1, 0.15) is 6.61 Å². The molecule has 0 radical (unpaired) electrons. The zero-order valence-electron chi connectivity index (χ0n) is 9.08. The first-order valence-electron chi connectivity index (χ1n) is 4.64. The summed E-state index contributed by atoms with van der Waals surface area (Å²) in [5, 5.41) is 10.7. The Morgan fingerprint density at radius 1 is 1.53 bits per heavy atom. The van der Waals surface area contributed by atoms with Gasteiger partial charge < -0.3 is 9.84 Å². The molecule has 1 rings (SSSR count). The minimum absolute atomic E-state index is 0.0771. The number of aromatic nitrogens is 1. The van der Waals surface area contributed by atoms with Crippen LogP contribution >= 0.6 is 0 Å².